The standard InChI is InChI=1S/2C16H28N4O8.2Ga.6H/c2*21-13-27-11-19-5-3-17(9-15(23)24)1-2-18(10-16(25)26)4-6-20(8-7-19)12-28-14-22;;;;;;;;/h2*13-14H,1-12H2,(H,23,24)(H,25,26);;;;;;;;/i;;1-2;1-3;;;;;;. The van der Waals surface area contributed by atoms with Crippen molar-refractivity contribution in [1.29, 1.82) is 0 Å². The molecule has 0 aliphatic carbocycles. The van der Waals surface area contributed by atoms with Crippen LogP contribution in [0.4, 0.5) is 0 Å². The van der Waals surface area contributed by atoms with Crippen molar-refractivity contribution >= 4 is 89.3 Å². The van der Waals surface area contributed by atoms with Gasteiger partial charge in [-0.3, -0.25) is 77.6 Å². The van der Waals surface area contributed by atoms with Gasteiger partial charge in [0.25, 0.3) is 25.9 Å². The van der Waals surface area contributed by atoms with Crippen LogP contribution in [0.2, 0.25) is 0 Å². The molecule has 2 aliphatic rings. The van der Waals surface area contributed by atoms with Crippen LogP contribution >= 0.6 is 0 Å². The predicted octanol–water partition coefficient (Wildman–Crippen LogP) is -7.09. The fourth-order valence-electron chi connectivity index (χ4n) is 5.61. The van der Waals surface area contributed by atoms with Crippen molar-refractivity contribution in [3.05, 3.63) is 0 Å². The first-order valence-electron chi connectivity index (χ1n) is 17.8. The first-order valence-corrected chi connectivity index (χ1v) is 17.8. The van der Waals surface area contributed by atoms with Gasteiger partial charge in [-0.15, -0.1) is 0 Å². The third-order valence-electron chi connectivity index (χ3n) is 8.60. The molecule has 0 saturated carbocycles. The van der Waals surface area contributed by atoms with Crippen LogP contribution in [0.1, 0.15) is 0 Å². The number of carboxylic acid groups (broad SMARTS) is 4. The number of aliphatic carboxylic acids is 4. The van der Waals surface area contributed by atoms with Gasteiger partial charge >= 0.3 is 63.5 Å². The van der Waals surface area contributed by atoms with Crippen LogP contribution in [0.5, 0.6) is 0 Å². The summed E-state index contributed by atoms with van der Waals surface area (Å²) in [6.45, 7) is 8.03. The number of hydrogen-bond acceptors (Lipinski definition) is 20. The molecule has 2 fully saturated rings. The summed E-state index contributed by atoms with van der Waals surface area (Å²) in [6, 6.07) is 0. The van der Waals surface area contributed by atoms with E-state index in [0.29, 0.717) is 131 Å². The maximum atomic E-state index is 11.1. The van der Waals surface area contributed by atoms with Gasteiger partial charge in [-0.25, -0.2) is 0 Å². The zero-order valence-electron chi connectivity index (χ0n) is 31.5. The van der Waals surface area contributed by atoms with E-state index in [2.05, 4.69) is 0 Å². The summed E-state index contributed by atoms with van der Waals surface area (Å²) in [4.78, 5) is 101. The van der Waals surface area contributed by atoms with Crippen LogP contribution < -0.4 is 0 Å². The summed E-state index contributed by atoms with van der Waals surface area (Å²) < 4.78 is 19.3. The van der Waals surface area contributed by atoms with Crippen LogP contribution in [-0.4, -0.2) is 307 Å². The van der Waals surface area contributed by atoms with E-state index in [-0.39, 0.29) is 92.7 Å². The van der Waals surface area contributed by atoms with Gasteiger partial charge in [-0.1, -0.05) is 0 Å². The fourth-order valence-corrected chi connectivity index (χ4v) is 5.61. The SMILES string of the molecule is O=COCN1CCN(COC=O)CCN(CC(=O)O)CCN(CC(=O)O)CC1.O=COCN1CCN(COC=O)CCN(CC(=O)O)CCN(CC(=O)O)CC1.[67GaH3].[68GaH3]. The molecule has 24 nitrogen and oxygen atoms in total. The summed E-state index contributed by atoms with van der Waals surface area (Å²) >= 11 is 0. The zero-order chi connectivity index (χ0) is 41.6. The minimum atomic E-state index is -0.968. The molecule has 0 radical (unpaired) electrons. The Bertz CT molecular complexity index is 1030. The normalized spacial score (nSPS) is 18.5. The molecule has 0 aromatic carbocycles. The molecule has 2 heterocycles. The van der Waals surface area contributed by atoms with Crippen molar-refractivity contribution < 1.29 is 77.7 Å². The second kappa shape index (κ2) is 35.6. The molecule has 2 saturated heterocycles. The quantitative estimate of drug-likeness (QED) is 0.0501. The fraction of sp³-hybridized carbons (Fsp3) is 0.750. The molecule has 2 aliphatic heterocycles. The predicted molar refractivity (Wildman–Crippen MR) is 211 cm³/mol. The second-order valence-corrected chi connectivity index (χ2v) is 12.7. The van der Waals surface area contributed by atoms with E-state index in [1.165, 1.54) is 0 Å². The Labute approximate surface area is 362 Å². The first-order chi connectivity index (χ1) is 26.9. The molecule has 2 rings (SSSR count). The van der Waals surface area contributed by atoms with E-state index in [1.807, 2.05) is 19.6 Å². The molecule has 0 spiro atoms. The third-order valence-corrected chi connectivity index (χ3v) is 8.60. The Morgan fingerprint density at radius 1 is 0.345 bits per heavy atom. The van der Waals surface area contributed by atoms with Gasteiger partial charge < -0.3 is 39.4 Å². The van der Waals surface area contributed by atoms with Crippen LogP contribution in [0.15, 0.2) is 0 Å². The van der Waals surface area contributed by atoms with Gasteiger partial charge in [0.2, 0.25) is 0 Å². The van der Waals surface area contributed by atoms with Crippen LogP contribution in [0, 0.1) is 0 Å². The Morgan fingerprint density at radius 3 is 0.603 bits per heavy atom. The summed E-state index contributed by atoms with van der Waals surface area (Å²) in [5.74, 6) is -3.87. The average molecular weight is 950 g/mol. The number of carbonyl (C=O) groups excluding carboxylic acids is 4. The van der Waals surface area contributed by atoms with Gasteiger partial charge in [-0.05, 0) is 0 Å². The third kappa shape index (κ3) is 29.9. The van der Waals surface area contributed by atoms with Crippen molar-refractivity contribution in [2.75, 3.05) is 158 Å². The topological polar surface area (TPSA) is 280 Å². The first kappa shape index (κ1) is 56.8. The van der Waals surface area contributed by atoms with Crippen molar-refractivity contribution in [2.24, 2.45) is 0 Å². The summed E-state index contributed by atoms with van der Waals surface area (Å²) in [7, 11) is 0. The average Bonchev–Trinajstić information content (AvgIpc) is 3.14. The molecule has 0 aromatic heterocycles. The molecule has 0 amide bonds. The van der Waals surface area contributed by atoms with E-state index < -0.39 is 23.9 Å². The molecule has 58 heavy (non-hydrogen) atoms. The number of rotatable bonds is 20. The number of nitrogens with zero attached hydrogens (tertiary/aromatic N) is 8. The Hall–Kier alpha value is -3.29. The van der Waals surface area contributed by atoms with Gasteiger partial charge in [-0.2, -0.15) is 0 Å². The van der Waals surface area contributed by atoms with Gasteiger partial charge in [0.15, 0.2) is 0 Å². The maximum absolute atomic E-state index is 11.1. The van der Waals surface area contributed by atoms with Crippen molar-refractivity contribution in [3.63, 3.8) is 0 Å². The minimum absolute atomic E-state index is 0. The van der Waals surface area contributed by atoms with Gasteiger partial charge in [0.05, 0.1) is 26.2 Å². The van der Waals surface area contributed by atoms with Crippen LogP contribution in [0.3, 0.4) is 0 Å². The van der Waals surface area contributed by atoms with Gasteiger partial charge in [0, 0.05) is 105 Å². The number of hydrogen-bond donors (Lipinski definition) is 4. The molecule has 0 atom stereocenters. The molecule has 0 unspecified atom stereocenters. The molecular weight excluding hydrogens is 887 g/mol. The Balaban J connectivity index is 0. The Morgan fingerprint density at radius 2 is 0.483 bits per heavy atom. The Kier molecular flexibility index (Phi) is 34.9. The van der Waals surface area contributed by atoms with E-state index in [1.54, 1.807) is 19.6 Å². The van der Waals surface area contributed by atoms with Crippen LogP contribution in [-0.2, 0) is 57.3 Å². The molecule has 332 valence electrons. The van der Waals surface area contributed by atoms with Gasteiger partial charge in [0.1, 0.15) is 26.9 Å². The van der Waals surface area contributed by atoms with Crippen molar-refractivity contribution in [1.82, 2.24) is 39.2 Å². The van der Waals surface area contributed by atoms with E-state index in [4.69, 9.17) is 39.4 Å². The van der Waals surface area contributed by atoms with Crippen LogP contribution in [0.25, 0.3) is 0 Å². The zero-order valence-corrected chi connectivity index (χ0v) is 31.5. The number of carboxylic acids is 4. The molecular formula is C32H62Ga2N8O16. The second-order valence-electron chi connectivity index (χ2n) is 12.7. The van der Waals surface area contributed by atoms with E-state index >= 15 is 0 Å². The van der Waals surface area contributed by atoms with Crippen molar-refractivity contribution in [2.45, 2.75) is 0 Å². The molecule has 4 N–H and O–H groups in total. The van der Waals surface area contributed by atoms with Crippen molar-refractivity contribution in [3.8, 4) is 0 Å². The summed E-state index contributed by atoms with van der Waals surface area (Å²) in [6.07, 6.45) is 0. The number of ether oxygens (including phenoxy) is 4. The molecule has 26 heteroatoms. The molecule has 0 aromatic rings. The number of carbonyl (C=O) groups is 8. The monoisotopic (exact) mass is 949 g/mol. The van der Waals surface area contributed by atoms with E-state index in [0.717, 1.165) is 0 Å². The summed E-state index contributed by atoms with van der Waals surface area (Å²) in [5.41, 5.74) is 0. The summed E-state index contributed by atoms with van der Waals surface area (Å²) in [5, 5.41) is 36.4. The molecule has 0 bridgehead atoms. The van der Waals surface area contributed by atoms with E-state index in [9.17, 15) is 38.4 Å².